The Labute approximate surface area is 184 Å². The molecule has 3 rings (SSSR count). The average Bonchev–Trinajstić information content (AvgIpc) is 3.17. The van der Waals surface area contributed by atoms with Crippen LogP contribution in [0.15, 0.2) is 42.5 Å². The number of nitrogens with two attached hydrogens (primary N) is 1. The fraction of sp³-hybridized carbons (Fsp3) is 0.238. The van der Waals surface area contributed by atoms with Crippen molar-refractivity contribution in [1.82, 2.24) is 20.3 Å². The SMILES string of the molecule is COc1ccc(NC(=O)Cn2nnc(C(=O)NCc3ccccc3OC)c2N)c(OC)c1. The Morgan fingerprint density at radius 3 is 2.50 bits per heavy atom. The maximum absolute atomic E-state index is 12.5. The Morgan fingerprint density at radius 2 is 1.78 bits per heavy atom. The molecule has 11 nitrogen and oxygen atoms in total. The van der Waals surface area contributed by atoms with Gasteiger partial charge in [-0.1, -0.05) is 23.4 Å². The molecule has 0 aliphatic rings. The summed E-state index contributed by atoms with van der Waals surface area (Å²) in [5.74, 6) is 0.696. The highest BCUT2D eigenvalue weighted by Crippen LogP contribution is 2.29. The second kappa shape index (κ2) is 10.2. The van der Waals surface area contributed by atoms with E-state index in [0.29, 0.717) is 22.9 Å². The number of para-hydroxylation sites is 1. The number of nitrogens with one attached hydrogen (secondary N) is 2. The predicted molar refractivity (Wildman–Crippen MR) is 117 cm³/mol. The Hall–Kier alpha value is -4.28. The highest BCUT2D eigenvalue weighted by atomic mass is 16.5. The first-order valence-electron chi connectivity index (χ1n) is 9.57. The zero-order valence-electron chi connectivity index (χ0n) is 17.9. The smallest absolute Gasteiger partial charge is 0.275 e. The van der Waals surface area contributed by atoms with Gasteiger partial charge in [0.15, 0.2) is 11.5 Å². The number of ether oxygens (including phenoxy) is 3. The van der Waals surface area contributed by atoms with Gasteiger partial charge in [0, 0.05) is 18.2 Å². The lowest BCUT2D eigenvalue weighted by Gasteiger charge is -2.12. The summed E-state index contributed by atoms with van der Waals surface area (Å²) >= 11 is 0. The van der Waals surface area contributed by atoms with Gasteiger partial charge in [0.2, 0.25) is 5.91 Å². The molecule has 11 heteroatoms. The molecule has 2 amide bonds. The molecule has 3 aromatic rings. The van der Waals surface area contributed by atoms with Crippen LogP contribution < -0.4 is 30.6 Å². The number of hydrogen-bond donors (Lipinski definition) is 3. The van der Waals surface area contributed by atoms with Gasteiger partial charge in [0.05, 0.1) is 27.0 Å². The van der Waals surface area contributed by atoms with E-state index in [1.54, 1.807) is 31.4 Å². The van der Waals surface area contributed by atoms with E-state index in [4.69, 9.17) is 19.9 Å². The van der Waals surface area contributed by atoms with Crippen molar-refractivity contribution in [3.8, 4) is 17.2 Å². The van der Waals surface area contributed by atoms with E-state index in [2.05, 4.69) is 20.9 Å². The average molecular weight is 440 g/mol. The maximum Gasteiger partial charge on any atom is 0.275 e. The molecular formula is C21H24N6O5. The minimum atomic E-state index is -0.517. The number of carbonyl (C=O) groups is 2. The number of carbonyl (C=O) groups excluding carboxylic acids is 2. The fourth-order valence-electron chi connectivity index (χ4n) is 2.93. The van der Waals surface area contributed by atoms with Crippen LogP contribution in [0.25, 0.3) is 0 Å². The highest BCUT2D eigenvalue weighted by molar-refractivity contribution is 5.97. The predicted octanol–water partition coefficient (Wildman–Crippen LogP) is 1.45. The second-order valence-corrected chi connectivity index (χ2v) is 6.59. The topological polar surface area (TPSA) is 143 Å². The summed E-state index contributed by atoms with van der Waals surface area (Å²) < 4.78 is 16.8. The van der Waals surface area contributed by atoms with Crippen molar-refractivity contribution in [1.29, 1.82) is 0 Å². The molecule has 0 aliphatic heterocycles. The molecule has 0 saturated carbocycles. The van der Waals surface area contributed by atoms with Crippen LogP contribution in [0.4, 0.5) is 11.5 Å². The first kappa shape index (κ1) is 22.4. The maximum atomic E-state index is 12.5. The summed E-state index contributed by atoms with van der Waals surface area (Å²) in [5.41, 5.74) is 7.17. The number of aromatic nitrogens is 3. The summed E-state index contributed by atoms with van der Waals surface area (Å²) in [6.07, 6.45) is 0. The third-order valence-corrected chi connectivity index (χ3v) is 4.60. The molecule has 0 atom stereocenters. The zero-order valence-corrected chi connectivity index (χ0v) is 17.9. The summed E-state index contributed by atoms with van der Waals surface area (Å²) in [6.45, 7) is -0.0271. The number of rotatable bonds is 9. The molecule has 0 spiro atoms. The van der Waals surface area contributed by atoms with Crippen LogP contribution >= 0.6 is 0 Å². The van der Waals surface area contributed by atoms with Gasteiger partial charge in [-0.2, -0.15) is 0 Å². The van der Waals surface area contributed by atoms with Crippen LogP contribution in [0.5, 0.6) is 17.2 Å². The van der Waals surface area contributed by atoms with Gasteiger partial charge in [0.25, 0.3) is 5.91 Å². The summed E-state index contributed by atoms with van der Waals surface area (Å²) in [7, 11) is 4.57. The fourth-order valence-corrected chi connectivity index (χ4v) is 2.93. The Bertz CT molecular complexity index is 1110. The molecule has 0 fully saturated rings. The van der Waals surface area contributed by atoms with Gasteiger partial charge in [0.1, 0.15) is 23.8 Å². The zero-order chi connectivity index (χ0) is 23.1. The van der Waals surface area contributed by atoms with Gasteiger partial charge in [-0.25, -0.2) is 4.68 Å². The van der Waals surface area contributed by atoms with Gasteiger partial charge >= 0.3 is 0 Å². The molecular weight excluding hydrogens is 416 g/mol. The molecule has 168 valence electrons. The van der Waals surface area contributed by atoms with Crippen molar-refractivity contribution in [2.24, 2.45) is 0 Å². The quantitative estimate of drug-likeness (QED) is 0.454. The van der Waals surface area contributed by atoms with Crippen LogP contribution in [0.1, 0.15) is 16.1 Å². The van der Waals surface area contributed by atoms with Crippen molar-refractivity contribution in [2.45, 2.75) is 13.1 Å². The summed E-state index contributed by atoms with van der Waals surface area (Å²) in [6, 6.07) is 12.3. The molecule has 0 radical (unpaired) electrons. The van der Waals surface area contributed by atoms with E-state index in [-0.39, 0.29) is 24.6 Å². The molecule has 0 bridgehead atoms. The second-order valence-electron chi connectivity index (χ2n) is 6.59. The third kappa shape index (κ3) is 5.06. The molecule has 4 N–H and O–H groups in total. The van der Waals surface area contributed by atoms with E-state index < -0.39 is 11.8 Å². The number of nitrogen functional groups attached to an aromatic ring is 1. The molecule has 32 heavy (non-hydrogen) atoms. The molecule has 1 aromatic heterocycles. The molecule has 1 heterocycles. The van der Waals surface area contributed by atoms with Crippen LogP contribution in [0.3, 0.4) is 0 Å². The Balaban J connectivity index is 1.64. The van der Waals surface area contributed by atoms with E-state index >= 15 is 0 Å². The summed E-state index contributed by atoms with van der Waals surface area (Å²) in [4.78, 5) is 25.0. The molecule has 0 unspecified atom stereocenters. The Morgan fingerprint density at radius 1 is 1.03 bits per heavy atom. The monoisotopic (exact) mass is 440 g/mol. The number of anilines is 2. The lowest BCUT2D eigenvalue weighted by Crippen LogP contribution is -2.25. The minimum Gasteiger partial charge on any atom is -0.497 e. The van der Waals surface area contributed by atoms with Crippen LogP contribution in [0, 0.1) is 0 Å². The van der Waals surface area contributed by atoms with Crippen molar-refractivity contribution in [2.75, 3.05) is 32.4 Å². The lowest BCUT2D eigenvalue weighted by atomic mass is 10.2. The van der Waals surface area contributed by atoms with Gasteiger partial charge in [-0.05, 0) is 18.2 Å². The standard InChI is InChI=1S/C21H24N6O5/c1-30-14-8-9-15(17(10-14)32-3)24-18(28)12-27-20(22)19(25-26-27)21(29)23-11-13-6-4-5-7-16(13)31-2/h4-10H,11-12,22H2,1-3H3,(H,23,29)(H,24,28). The van der Waals surface area contributed by atoms with Crippen LogP contribution in [-0.2, 0) is 17.9 Å². The van der Waals surface area contributed by atoms with Crippen molar-refractivity contribution in [3.63, 3.8) is 0 Å². The van der Waals surface area contributed by atoms with E-state index in [9.17, 15) is 9.59 Å². The first-order chi connectivity index (χ1) is 15.5. The van der Waals surface area contributed by atoms with Gasteiger partial charge < -0.3 is 30.6 Å². The highest BCUT2D eigenvalue weighted by Gasteiger charge is 2.19. The van der Waals surface area contributed by atoms with Crippen LogP contribution in [-0.4, -0.2) is 48.1 Å². The van der Waals surface area contributed by atoms with E-state index in [1.807, 2.05) is 18.2 Å². The number of nitrogens with zero attached hydrogens (tertiary/aromatic N) is 3. The Kier molecular flexibility index (Phi) is 7.11. The van der Waals surface area contributed by atoms with Gasteiger partial charge in [-0.3, -0.25) is 9.59 Å². The lowest BCUT2D eigenvalue weighted by molar-refractivity contribution is -0.116. The normalized spacial score (nSPS) is 10.3. The van der Waals surface area contributed by atoms with Gasteiger partial charge in [-0.15, -0.1) is 5.10 Å². The molecule has 0 aliphatic carbocycles. The molecule has 2 aromatic carbocycles. The molecule has 0 saturated heterocycles. The largest absolute Gasteiger partial charge is 0.497 e. The van der Waals surface area contributed by atoms with E-state index in [1.165, 1.54) is 14.2 Å². The third-order valence-electron chi connectivity index (χ3n) is 4.60. The number of hydrogen-bond acceptors (Lipinski definition) is 8. The summed E-state index contributed by atoms with van der Waals surface area (Å²) in [5, 5.41) is 13.1. The first-order valence-corrected chi connectivity index (χ1v) is 9.57. The van der Waals surface area contributed by atoms with Crippen molar-refractivity contribution >= 4 is 23.3 Å². The number of benzene rings is 2. The van der Waals surface area contributed by atoms with E-state index in [0.717, 1.165) is 10.2 Å². The minimum absolute atomic E-state index is 0.0284. The number of amides is 2. The van der Waals surface area contributed by atoms with Crippen LogP contribution in [0.2, 0.25) is 0 Å². The van der Waals surface area contributed by atoms with Crippen molar-refractivity contribution in [3.05, 3.63) is 53.7 Å². The van der Waals surface area contributed by atoms with Crippen molar-refractivity contribution < 1.29 is 23.8 Å². The number of methoxy groups -OCH3 is 3.